The molecule has 2 unspecified atom stereocenters. The van der Waals surface area contributed by atoms with Crippen molar-refractivity contribution in [2.75, 3.05) is 66.0 Å². The Balaban J connectivity index is 1.70. The largest absolute Gasteiger partial charge is 0.313 e. The lowest BCUT2D eigenvalue weighted by atomic mass is 9.83. The van der Waals surface area contributed by atoms with E-state index in [1.54, 1.807) is 0 Å². The third-order valence-electron chi connectivity index (χ3n) is 8.08. The van der Waals surface area contributed by atoms with Gasteiger partial charge in [0.25, 0.3) is 0 Å². The zero-order chi connectivity index (χ0) is 22.9. The molecule has 3 aliphatic rings. The van der Waals surface area contributed by atoms with Crippen molar-refractivity contribution in [3.8, 4) is 0 Å². The van der Waals surface area contributed by atoms with Gasteiger partial charge in [-0.2, -0.15) is 0 Å². The smallest absolute Gasteiger partial charge is 0.0591 e. The predicted molar refractivity (Wildman–Crippen MR) is 133 cm³/mol. The summed E-state index contributed by atoms with van der Waals surface area (Å²) in [4.78, 5) is 13.7. The van der Waals surface area contributed by atoms with Gasteiger partial charge in [0.15, 0.2) is 0 Å². The van der Waals surface area contributed by atoms with Gasteiger partial charge in [-0.05, 0) is 62.4 Å². The van der Waals surface area contributed by atoms with E-state index in [0.717, 1.165) is 26.2 Å². The highest BCUT2D eigenvalue weighted by Gasteiger charge is 2.51. The fourth-order valence-electron chi connectivity index (χ4n) is 6.49. The molecule has 0 bridgehead atoms. The van der Waals surface area contributed by atoms with Crippen molar-refractivity contribution in [1.82, 2.24) is 29.8 Å². The van der Waals surface area contributed by atoms with Crippen molar-refractivity contribution >= 4 is 0 Å². The van der Waals surface area contributed by atoms with E-state index in [-0.39, 0.29) is 0 Å². The highest BCUT2D eigenvalue weighted by Crippen LogP contribution is 2.33. The SMILES string of the molecule is CC(C)N1CCN(C(C)C)C(CN(C)CC2CN(C(C)C)CC3(CNC3)N2C(C)C)C1. The number of hydrogen-bond donors (Lipinski definition) is 1. The topological polar surface area (TPSA) is 28.2 Å². The van der Waals surface area contributed by atoms with Crippen LogP contribution < -0.4 is 5.32 Å². The fraction of sp³-hybridized carbons (Fsp3) is 1.00. The van der Waals surface area contributed by atoms with Gasteiger partial charge < -0.3 is 10.2 Å². The molecular weight excluding hydrogens is 384 g/mol. The van der Waals surface area contributed by atoms with E-state index in [1.165, 1.54) is 32.7 Å². The fourth-order valence-corrected chi connectivity index (χ4v) is 6.49. The molecule has 6 nitrogen and oxygen atoms in total. The average Bonchev–Trinajstić information content (AvgIpc) is 2.65. The zero-order valence-corrected chi connectivity index (χ0v) is 22.1. The van der Waals surface area contributed by atoms with Crippen LogP contribution in [0.3, 0.4) is 0 Å². The summed E-state index contributed by atoms with van der Waals surface area (Å²) in [6.45, 7) is 29.6. The lowest BCUT2D eigenvalue weighted by Crippen LogP contribution is -2.80. The maximum Gasteiger partial charge on any atom is 0.0591 e. The summed E-state index contributed by atoms with van der Waals surface area (Å²) in [6.07, 6.45) is 0. The molecule has 0 saturated carbocycles. The molecule has 2 atom stereocenters. The highest BCUT2D eigenvalue weighted by atomic mass is 15.4. The Morgan fingerprint density at radius 2 is 1.35 bits per heavy atom. The van der Waals surface area contributed by atoms with E-state index in [9.17, 15) is 0 Å². The second-order valence-electron chi connectivity index (χ2n) is 11.8. The van der Waals surface area contributed by atoms with Gasteiger partial charge in [0.05, 0.1) is 5.54 Å². The van der Waals surface area contributed by atoms with Crippen LogP contribution in [0.15, 0.2) is 0 Å². The van der Waals surface area contributed by atoms with Crippen LogP contribution in [-0.2, 0) is 0 Å². The second kappa shape index (κ2) is 10.4. The van der Waals surface area contributed by atoms with Crippen molar-refractivity contribution in [2.24, 2.45) is 0 Å². The molecule has 0 aromatic rings. The Morgan fingerprint density at radius 1 is 0.774 bits per heavy atom. The summed E-state index contributed by atoms with van der Waals surface area (Å²) in [7, 11) is 2.37. The van der Waals surface area contributed by atoms with Crippen molar-refractivity contribution in [2.45, 2.75) is 97.2 Å². The van der Waals surface area contributed by atoms with Gasteiger partial charge in [0.1, 0.15) is 0 Å². The third-order valence-corrected chi connectivity index (χ3v) is 8.08. The van der Waals surface area contributed by atoms with Gasteiger partial charge in [-0.1, -0.05) is 0 Å². The number of rotatable bonds is 8. The Labute approximate surface area is 193 Å². The molecule has 31 heavy (non-hydrogen) atoms. The van der Waals surface area contributed by atoms with Gasteiger partial charge in [0.2, 0.25) is 0 Å². The van der Waals surface area contributed by atoms with E-state index in [0.29, 0.717) is 41.8 Å². The van der Waals surface area contributed by atoms with Crippen LogP contribution in [0.25, 0.3) is 0 Å². The van der Waals surface area contributed by atoms with Crippen LogP contribution in [-0.4, -0.2) is 132 Å². The first-order valence-corrected chi connectivity index (χ1v) is 13.0. The molecule has 3 heterocycles. The minimum absolute atomic E-state index is 0.325. The first kappa shape index (κ1) is 25.4. The first-order valence-electron chi connectivity index (χ1n) is 13.0. The van der Waals surface area contributed by atoms with Crippen LogP contribution in [0.1, 0.15) is 55.4 Å². The number of nitrogens with zero attached hydrogens (tertiary/aromatic N) is 5. The monoisotopic (exact) mass is 436 g/mol. The first-order chi connectivity index (χ1) is 14.5. The van der Waals surface area contributed by atoms with E-state index in [2.05, 4.69) is 92.3 Å². The van der Waals surface area contributed by atoms with E-state index in [1.807, 2.05) is 0 Å². The highest BCUT2D eigenvalue weighted by molar-refractivity contribution is 5.11. The molecule has 3 rings (SSSR count). The maximum absolute atomic E-state index is 3.60. The summed E-state index contributed by atoms with van der Waals surface area (Å²) >= 11 is 0. The normalized spacial score (nSPS) is 29.2. The van der Waals surface area contributed by atoms with Crippen molar-refractivity contribution < 1.29 is 0 Å². The minimum Gasteiger partial charge on any atom is -0.313 e. The Bertz CT molecular complexity index is 558. The molecule has 0 aromatic heterocycles. The van der Waals surface area contributed by atoms with Gasteiger partial charge in [-0.3, -0.25) is 19.6 Å². The van der Waals surface area contributed by atoms with Crippen LogP contribution in [0.2, 0.25) is 0 Å². The standard InChI is InChI=1S/C25H52N6/c1-19(2)28-10-11-30(21(5)6)23(14-28)12-27(9)13-24-15-29(20(3)4)18-25(16-26-17-25)31(24)22(7)8/h19-24,26H,10-18H2,1-9H3. The lowest BCUT2D eigenvalue weighted by molar-refractivity contribution is -0.104. The molecular formula is C25H52N6. The third kappa shape index (κ3) is 5.64. The lowest BCUT2D eigenvalue weighted by Gasteiger charge is -2.62. The van der Waals surface area contributed by atoms with E-state index >= 15 is 0 Å². The van der Waals surface area contributed by atoms with E-state index in [4.69, 9.17) is 0 Å². The predicted octanol–water partition coefficient (Wildman–Crippen LogP) is 1.87. The summed E-state index contributed by atoms with van der Waals surface area (Å²) in [5.74, 6) is 0. The van der Waals surface area contributed by atoms with Crippen molar-refractivity contribution in [3.63, 3.8) is 0 Å². The van der Waals surface area contributed by atoms with E-state index < -0.39 is 0 Å². The molecule has 0 amide bonds. The van der Waals surface area contributed by atoms with Crippen LogP contribution in [0, 0.1) is 0 Å². The molecule has 0 aromatic carbocycles. The molecule has 3 fully saturated rings. The van der Waals surface area contributed by atoms with Crippen molar-refractivity contribution in [1.29, 1.82) is 0 Å². The molecule has 1 spiro atoms. The van der Waals surface area contributed by atoms with Gasteiger partial charge in [-0.15, -0.1) is 0 Å². The van der Waals surface area contributed by atoms with Gasteiger partial charge in [-0.25, -0.2) is 0 Å². The van der Waals surface area contributed by atoms with Gasteiger partial charge in [0, 0.05) is 95.2 Å². The molecule has 3 aliphatic heterocycles. The zero-order valence-electron chi connectivity index (χ0n) is 22.1. The van der Waals surface area contributed by atoms with Crippen molar-refractivity contribution in [3.05, 3.63) is 0 Å². The number of hydrogen-bond acceptors (Lipinski definition) is 6. The molecule has 182 valence electrons. The Hall–Kier alpha value is -0.240. The number of nitrogens with one attached hydrogen (secondary N) is 1. The number of piperazine rings is 2. The molecule has 3 saturated heterocycles. The molecule has 0 aliphatic carbocycles. The number of likely N-dealkylation sites (N-methyl/N-ethyl adjacent to an activating group) is 1. The van der Waals surface area contributed by atoms with Crippen LogP contribution in [0.4, 0.5) is 0 Å². The summed E-state index contributed by atoms with van der Waals surface area (Å²) < 4.78 is 0. The maximum atomic E-state index is 3.60. The average molecular weight is 437 g/mol. The summed E-state index contributed by atoms with van der Waals surface area (Å²) in [5, 5.41) is 3.60. The molecule has 6 heteroatoms. The Kier molecular flexibility index (Phi) is 8.48. The summed E-state index contributed by atoms with van der Waals surface area (Å²) in [5.41, 5.74) is 0.325. The molecule has 0 radical (unpaired) electrons. The van der Waals surface area contributed by atoms with Crippen LogP contribution in [0.5, 0.6) is 0 Å². The van der Waals surface area contributed by atoms with Gasteiger partial charge >= 0.3 is 0 Å². The quantitative estimate of drug-likeness (QED) is 0.625. The minimum atomic E-state index is 0.325. The Morgan fingerprint density at radius 3 is 1.84 bits per heavy atom. The second-order valence-corrected chi connectivity index (χ2v) is 11.8. The molecule has 1 N–H and O–H groups in total. The summed E-state index contributed by atoms with van der Waals surface area (Å²) in [6, 6.07) is 3.69. The van der Waals surface area contributed by atoms with Crippen LogP contribution >= 0.6 is 0 Å².